The van der Waals surface area contributed by atoms with Gasteiger partial charge in [-0.05, 0) is 56.8 Å². The van der Waals surface area contributed by atoms with E-state index in [0.717, 1.165) is 38.4 Å². The van der Waals surface area contributed by atoms with E-state index in [-0.39, 0.29) is 6.10 Å². The topological polar surface area (TPSA) is 47.5 Å². The lowest BCUT2D eigenvalue weighted by Gasteiger charge is -2.38. The highest BCUT2D eigenvalue weighted by atomic mass is 32.1. The van der Waals surface area contributed by atoms with Gasteiger partial charge < -0.3 is 9.47 Å². The highest BCUT2D eigenvalue weighted by molar-refractivity contribution is 7.09. The Morgan fingerprint density at radius 3 is 3.00 bits per heavy atom. The number of hydrogen-bond acceptors (Lipinski definition) is 6. The highest BCUT2D eigenvalue weighted by Crippen LogP contribution is 2.42. The van der Waals surface area contributed by atoms with E-state index >= 15 is 0 Å². The number of aromatic nitrogens is 2. The van der Waals surface area contributed by atoms with Gasteiger partial charge >= 0.3 is 0 Å². The van der Waals surface area contributed by atoms with Gasteiger partial charge in [0.1, 0.15) is 12.4 Å². The van der Waals surface area contributed by atoms with Crippen LogP contribution in [-0.2, 0) is 11.3 Å². The van der Waals surface area contributed by atoms with Gasteiger partial charge in [0.15, 0.2) is 0 Å². The number of ether oxygens (including phenoxy) is 2. The molecule has 2 saturated heterocycles. The van der Waals surface area contributed by atoms with E-state index in [1.165, 1.54) is 23.4 Å². The molecule has 0 bridgehead atoms. The molecule has 0 radical (unpaired) electrons. The second kappa shape index (κ2) is 7.40. The second-order valence-corrected chi connectivity index (χ2v) is 8.21. The van der Waals surface area contributed by atoms with Gasteiger partial charge in [0.25, 0.3) is 0 Å². The average Bonchev–Trinajstić information content (AvgIpc) is 3.23. The van der Waals surface area contributed by atoms with Crippen molar-refractivity contribution in [2.45, 2.75) is 38.8 Å². The van der Waals surface area contributed by atoms with Crippen LogP contribution in [-0.4, -0.2) is 47.3 Å². The van der Waals surface area contributed by atoms with Crippen molar-refractivity contribution < 1.29 is 9.47 Å². The van der Waals surface area contributed by atoms with Crippen LogP contribution in [0.5, 0.6) is 5.75 Å². The fraction of sp³-hybridized carbons (Fsp3) is 0.579. The first-order valence-corrected chi connectivity index (χ1v) is 9.86. The summed E-state index contributed by atoms with van der Waals surface area (Å²) in [4.78, 5) is 12.4. The number of rotatable bonds is 5. The molecule has 0 aromatic carbocycles. The summed E-state index contributed by atoms with van der Waals surface area (Å²) >= 11 is 1.77. The number of pyridine rings is 1. The van der Waals surface area contributed by atoms with Gasteiger partial charge in [-0.1, -0.05) is 0 Å². The molecule has 0 unspecified atom stereocenters. The predicted octanol–water partition coefficient (Wildman–Crippen LogP) is 3.30. The van der Waals surface area contributed by atoms with Crippen molar-refractivity contribution in [3.8, 4) is 5.75 Å². The normalized spacial score (nSPS) is 23.2. The van der Waals surface area contributed by atoms with Gasteiger partial charge in [0, 0.05) is 17.6 Å². The van der Waals surface area contributed by atoms with E-state index < -0.39 is 0 Å². The molecule has 2 aliphatic rings. The molecule has 2 aromatic heterocycles. The van der Waals surface area contributed by atoms with E-state index in [4.69, 9.17) is 9.47 Å². The molecule has 4 heterocycles. The third-order valence-electron chi connectivity index (χ3n) is 5.48. The van der Waals surface area contributed by atoms with Crippen LogP contribution in [0.2, 0.25) is 0 Å². The molecule has 2 fully saturated rings. The van der Waals surface area contributed by atoms with Gasteiger partial charge in [-0.3, -0.25) is 9.88 Å². The zero-order valence-electron chi connectivity index (χ0n) is 14.7. The van der Waals surface area contributed by atoms with E-state index in [1.807, 2.05) is 17.6 Å². The number of aryl methyl sites for hydroxylation is 1. The zero-order valence-corrected chi connectivity index (χ0v) is 15.5. The number of nitrogens with zero attached hydrogens (tertiary/aromatic N) is 3. The van der Waals surface area contributed by atoms with Crippen molar-refractivity contribution in [3.05, 3.63) is 40.6 Å². The standard InChI is InChI=1S/C19H25N3O2S/c1-15-18(25-14-21-15)11-22-7-4-19(5-8-22)9-17(24-13-19)12-23-16-3-2-6-20-10-16/h2-3,6,10,14,17H,4-5,7-9,11-13H2,1H3/t17-/m1/s1. The Morgan fingerprint density at radius 2 is 2.28 bits per heavy atom. The first kappa shape index (κ1) is 16.9. The molecule has 1 atom stereocenters. The fourth-order valence-corrected chi connectivity index (χ4v) is 4.66. The Kier molecular flexibility index (Phi) is 5.01. The van der Waals surface area contributed by atoms with Gasteiger partial charge in [0.2, 0.25) is 0 Å². The van der Waals surface area contributed by atoms with Crippen LogP contribution < -0.4 is 4.74 Å². The predicted molar refractivity (Wildman–Crippen MR) is 97.9 cm³/mol. The number of likely N-dealkylation sites (tertiary alicyclic amines) is 1. The van der Waals surface area contributed by atoms with Crippen LogP contribution in [0.4, 0.5) is 0 Å². The summed E-state index contributed by atoms with van der Waals surface area (Å²) in [7, 11) is 0. The third kappa shape index (κ3) is 4.02. The van der Waals surface area contributed by atoms with Gasteiger partial charge in [-0.25, -0.2) is 4.98 Å². The van der Waals surface area contributed by atoms with Crippen molar-refractivity contribution >= 4 is 11.3 Å². The van der Waals surface area contributed by atoms with E-state index in [1.54, 1.807) is 23.7 Å². The van der Waals surface area contributed by atoms with E-state index in [0.29, 0.717) is 12.0 Å². The van der Waals surface area contributed by atoms with Crippen LogP contribution in [0.25, 0.3) is 0 Å². The largest absolute Gasteiger partial charge is 0.489 e. The Bertz CT molecular complexity index is 683. The van der Waals surface area contributed by atoms with Gasteiger partial charge in [-0.2, -0.15) is 0 Å². The minimum atomic E-state index is 0.204. The van der Waals surface area contributed by atoms with Crippen molar-refractivity contribution in [1.82, 2.24) is 14.9 Å². The summed E-state index contributed by atoms with van der Waals surface area (Å²) in [5, 5.41) is 0. The fourth-order valence-electron chi connectivity index (χ4n) is 3.84. The van der Waals surface area contributed by atoms with Crippen LogP contribution >= 0.6 is 11.3 Å². The second-order valence-electron chi connectivity index (χ2n) is 7.27. The van der Waals surface area contributed by atoms with Crippen molar-refractivity contribution in [2.24, 2.45) is 5.41 Å². The zero-order chi connectivity index (χ0) is 17.1. The molecule has 0 amide bonds. The Balaban J connectivity index is 1.25. The molecule has 25 heavy (non-hydrogen) atoms. The Labute approximate surface area is 153 Å². The molecular formula is C19H25N3O2S. The monoisotopic (exact) mass is 359 g/mol. The summed E-state index contributed by atoms with van der Waals surface area (Å²) < 4.78 is 11.9. The van der Waals surface area contributed by atoms with Crippen molar-refractivity contribution in [2.75, 3.05) is 26.3 Å². The summed E-state index contributed by atoms with van der Waals surface area (Å²) in [5.41, 5.74) is 3.48. The smallest absolute Gasteiger partial charge is 0.137 e. The molecule has 1 spiro atoms. The maximum Gasteiger partial charge on any atom is 0.137 e. The first-order valence-electron chi connectivity index (χ1n) is 8.98. The van der Waals surface area contributed by atoms with Gasteiger partial charge in [0.05, 0.1) is 30.1 Å². The number of hydrogen-bond donors (Lipinski definition) is 0. The van der Waals surface area contributed by atoms with Crippen molar-refractivity contribution in [1.29, 1.82) is 0 Å². The molecule has 5 nitrogen and oxygen atoms in total. The average molecular weight is 359 g/mol. The molecule has 134 valence electrons. The lowest BCUT2D eigenvalue weighted by atomic mass is 9.76. The SMILES string of the molecule is Cc1ncsc1CN1CCC2(CC1)CO[C@@H](COc1cccnc1)C2. The minimum Gasteiger partial charge on any atom is -0.489 e. The lowest BCUT2D eigenvalue weighted by Crippen LogP contribution is -2.40. The quantitative estimate of drug-likeness (QED) is 0.820. The van der Waals surface area contributed by atoms with Crippen LogP contribution in [0.15, 0.2) is 30.0 Å². The maximum absolute atomic E-state index is 6.06. The first-order chi connectivity index (χ1) is 12.2. The molecule has 6 heteroatoms. The van der Waals surface area contributed by atoms with Crippen LogP contribution in [0.1, 0.15) is 29.8 Å². The lowest BCUT2D eigenvalue weighted by molar-refractivity contribution is 0.0471. The summed E-state index contributed by atoms with van der Waals surface area (Å²) in [6, 6.07) is 3.84. The molecule has 0 saturated carbocycles. The molecule has 2 aromatic rings. The van der Waals surface area contributed by atoms with E-state index in [2.05, 4.69) is 21.8 Å². The van der Waals surface area contributed by atoms with Crippen molar-refractivity contribution in [3.63, 3.8) is 0 Å². The van der Waals surface area contributed by atoms with Gasteiger partial charge in [-0.15, -0.1) is 11.3 Å². The molecular weight excluding hydrogens is 334 g/mol. The summed E-state index contributed by atoms with van der Waals surface area (Å²) in [6.07, 6.45) is 7.26. The number of piperidine rings is 1. The molecule has 2 aliphatic heterocycles. The van der Waals surface area contributed by atoms with E-state index in [9.17, 15) is 0 Å². The Morgan fingerprint density at radius 1 is 1.40 bits per heavy atom. The molecule has 0 aliphatic carbocycles. The molecule has 4 rings (SSSR count). The maximum atomic E-state index is 6.06. The number of thiazole rings is 1. The van der Waals surface area contributed by atoms with Crippen LogP contribution in [0.3, 0.4) is 0 Å². The Hall–Kier alpha value is -1.50. The highest BCUT2D eigenvalue weighted by Gasteiger charge is 2.42. The molecule has 0 N–H and O–H groups in total. The third-order valence-corrected chi connectivity index (χ3v) is 6.40. The summed E-state index contributed by atoms with van der Waals surface area (Å²) in [6.45, 7) is 6.95. The summed E-state index contributed by atoms with van der Waals surface area (Å²) in [5.74, 6) is 0.821. The van der Waals surface area contributed by atoms with Crippen LogP contribution in [0, 0.1) is 12.3 Å². The minimum absolute atomic E-state index is 0.204.